The Morgan fingerprint density at radius 1 is 1.64 bits per heavy atom. The second kappa shape index (κ2) is 3.15. The third-order valence-electron chi connectivity index (χ3n) is 2.42. The Bertz CT molecular complexity index is 404. The molecule has 74 valence electrons. The lowest BCUT2D eigenvalue weighted by atomic mass is 10.0. The molecule has 14 heavy (non-hydrogen) atoms. The van der Waals surface area contributed by atoms with Crippen molar-refractivity contribution < 1.29 is 14.3 Å². The molecule has 0 saturated heterocycles. The molecule has 1 N–H and O–H groups in total. The van der Waals surface area contributed by atoms with E-state index in [1.165, 1.54) is 12.3 Å². The standard InChI is InChI=1S/C9H7FINO2/c10-6-3-5(11)4-12-7(6)9(1-2-9)8(13)14/h3-4H,1-2H2,(H,13,14). The highest BCUT2D eigenvalue weighted by molar-refractivity contribution is 14.1. The highest BCUT2D eigenvalue weighted by atomic mass is 127. The highest BCUT2D eigenvalue weighted by Gasteiger charge is 2.54. The molecule has 0 amide bonds. The fourth-order valence-corrected chi connectivity index (χ4v) is 1.86. The van der Waals surface area contributed by atoms with E-state index in [1.54, 1.807) is 0 Å². The second-order valence-electron chi connectivity index (χ2n) is 3.37. The third-order valence-corrected chi connectivity index (χ3v) is 3.01. The van der Waals surface area contributed by atoms with Crippen LogP contribution in [0.5, 0.6) is 0 Å². The zero-order chi connectivity index (χ0) is 10.3. The van der Waals surface area contributed by atoms with Crippen LogP contribution in [0.3, 0.4) is 0 Å². The number of nitrogens with zero attached hydrogens (tertiary/aromatic N) is 1. The van der Waals surface area contributed by atoms with Gasteiger partial charge in [0.15, 0.2) is 0 Å². The summed E-state index contributed by atoms with van der Waals surface area (Å²) < 4.78 is 14.1. The van der Waals surface area contributed by atoms with E-state index in [2.05, 4.69) is 4.98 Å². The summed E-state index contributed by atoms with van der Waals surface area (Å²) in [6.45, 7) is 0. The average molecular weight is 307 g/mol. The number of rotatable bonds is 2. The maximum absolute atomic E-state index is 13.4. The van der Waals surface area contributed by atoms with Crippen LogP contribution >= 0.6 is 22.6 Å². The maximum atomic E-state index is 13.4. The SMILES string of the molecule is O=C(O)C1(c2ncc(I)cc2F)CC1. The minimum Gasteiger partial charge on any atom is -0.481 e. The Balaban J connectivity index is 2.47. The van der Waals surface area contributed by atoms with Crippen molar-refractivity contribution in [2.75, 3.05) is 0 Å². The lowest BCUT2D eigenvalue weighted by Gasteiger charge is -2.09. The number of aromatic nitrogens is 1. The Labute approximate surface area is 93.5 Å². The third kappa shape index (κ3) is 1.39. The van der Waals surface area contributed by atoms with Crippen LogP contribution in [0.25, 0.3) is 0 Å². The van der Waals surface area contributed by atoms with Gasteiger partial charge in [0.25, 0.3) is 0 Å². The highest BCUT2D eigenvalue weighted by Crippen LogP contribution is 2.48. The van der Waals surface area contributed by atoms with Crippen LogP contribution < -0.4 is 0 Å². The van der Waals surface area contributed by atoms with Gasteiger partial charge in [-0.2, -0.15) is 0 Å². The van der Waals surface area contributed by atoms with E-state index in [4.69, 9.17) is 5.11 Å². The molecule has 0 atom stereocenters. The Morgan fingerprint density at radius 2 is 2.29 bits per heavy atom. The Morgan fingerprint density at radius 3 is 2.71 bits per heavy atom. The molecule has 3 nitrogen and oxygen atoms in total. The van der Waals surface area contributed by atoms with E-state index in [1.807, 2.05) is 22.6 Å². The number of carboxylic acids is 1. The quantitative estimate of drug-likeness (QED) is 0.850. The van der Waals surface area contributed by atoms with Gasteiger partial charge in [0.1, 0.15) is 11.2 Å². The number of halogens is 2. The molecular formula is C9H7FINO2. The summed E-state index contributed by atoms with van der Waals surface area (Å²) in [5, 5.41) is 8.94. The Hall–Kier alpha value is -0.720. The van der Waals surface area contributed by atoms with Gasteiger partial charge in [0.05, 0.1) is 5.69 Å². The number of hydrogen-bond acceptors (Lipinski definition) is 2. The zero-order valence-electron chi connectivity index (χ0n) is 7.13. The van der Waals surface area contributed by atoms with Gasteiger partial charge in [0, 0.05) is 9.77 Å². The van der Waals surface area contributed by atoms with Crippen molar-refractivity contribution in [2.45, 2.75) is 18.3 Å². The summed E-state index contributed by atoms with van der Waals surface area (Å²) in [5.41, 5.74) is -0.973. The smallest absolute Gasteiger partial charge is 0.315 e. The van der Waals surface area contributed by atoms with Gasteiger partial charge in [0.2, 0.25) is 0 Å². The zero-order valence-corrected chi connectivity index (χ0v) is 9.29. The lowest BCUT2D eigenvalue weighted by molar-refractivity contribution is -0.140. The van der Waals surface area contributed by atoms with E-state index in [-0.39, 0.29) is 5.69 Å². The van der Waals surface area contributed by atoms with Gasteiger partial charge < -0.3 is 5.11 Å². The van der Waals surface area contributed by atoms with E-state index in [0.29, 0.717) is 16.4 Å². The van der Waals surface area contributed by atoms with Gasteiger partial charge in [-0.1, -0.05) is 0 Å². The summed E-state index contributed by atoms with van der Waals surface area (Å²) in [7, 11) is 0. The summed E-state index contributed by atoms with van der Waals surface area (Å²) in [6.07, 6.45) is 2.45. The number of pyridine rings is 1. The van der Waals surface area contributed by atoms with Crippen molar-refractivity contribution >= 4 is 28.6 Å². The molecule has 1 aliphatic rings. The van der Waals surface area contributed by atoms with E-state index >= 15 is 0 Å². The van der Waals surface area contributed by atoms with Crippen molar-refractivity contribution in [3.05, 3.63) is 27.3 Å². The van der Waals surface area contributed by atoms with Gasteiger partial charge in [-0.25, -0.2) is 4.39 Å². The molecule has 1 saturated carbocycles. The normalized spacial score (nSPS) is 17.9. The summed E-state index contributed by atoms with van der Waals surface area (Å²) in [6, 6.07) is 1.31. The van der Waals surface area contributed by atoms with Crippen LogP contribution in [0, 0.1) is 9.39 Å². The van der Waals surface area contributed by atoms with Gasteiger partial charge in [-0.05, 0) is 41.5 Å². The monoisotopic (exact) mass is 307 g/mol. The molecule has 0 bridgehead atoms. The van der Waals surface area contributed by atoms with Crippen molar-refractivity contribution in [1.82, 2.24) is 4.98 Å². The van der Waals surface area contributed by atoms with Crippen LogP contribution in [0.15, 0.2) is 12.3 Å². The van der Waals surface area contributed by atoms with Crippen LogP contribution in [-0.2, 0) is 10.2 Å². The van der Waals surface area contributed by atoms with E-state index in [0.717, 1.165) is 0 Å². The number of carboxylic acid groups (broad SMARTS) is 1. The summed E-state index contributed by atoms with van der Waals surface area (Å²) in [4.78, 5) is 14.8. The minimum atomic E-state index is -1.05. The van der Waals surface area contributed by atoms with Crippen molar-refractivity contribution in [1.29, 1.82) is 0 Å². The predicted molar refractivity (Wildman–Crippen MR) is 55.5 cm³/mol. The molecule has 1 aliphatic carbocycles. The molecular weight excluding hydrogens is 300 g/mol. The molecule has 0 radical (unpaired) electrons. The fraction of sp³-hybridized carbons (Fsp3) is 0.333. The molecule has 5 heteroatoms. The minimum absolute atomic E-state index is 0.0745. The van der Waals surface area contributed by atoms with Gasteiger partial charge in [-0.15, -0.1) is 0 Å². The van der Waals surface area contributed by atoms with E-state index in [9.17, 15) is 9.18 Å². The first kappa shape index (κ1) is 9.82. The molecule has 0 unspecified atom stereocenters. The molecule has 1 heterocycles. The lowest BCUT2D eigenvalue weighted by Crippen LogP contribution is -2.22. The van der Waals surface area contributed by atoms with Crippen molar-refractivity contribution in [3.8, 4) is 0 Å². The molecule has 1 aromatic rings. The van der Waals surface area contributed by atoms with Crippen LogP contribution in [0.2, 0.25) is 0 Å². The van der Waals surface area contributed by atoms with Crippen LogP contribution in [0.4, 0.5) is 4.39 Å². The van der Waals surface area contributed by atoms with E-state index < -0.39 is 17.2 Å². The largest absolute Gasteiger partial charge is 0.481 e. The van der Waals surface area contributed by atoms with Crippen LogP contribution in [0.1, 0.15) is 18.5 Å². The Kier molecular flexibility index (Phi) is 2.21. The molecule has 0 spiro atoms. The molecule has 1 aromatic heterocycles. The van der Waals surface area contributed by atoms with Gasteiger partial charge in [-0.3, -0.25) is 9.78 Å². The fourth-order valence-electron chi connectivity index (χ4n) is 1.44. The predicted octanol–water partition coefficient (Wildman–Crippen LogP) is 1.94. The number of aliphatic carboxylic acids is 1. The average Bonchev–Trinajstić information content (AvgIpc) is 2.84. The second-order valence-corrected chi connectivity index (χ2v) is 4.62. The summed E-state index contributed by atoms with van der Waals surface area (Å²) >= 11 is 1.94. The van der Waals surface area contributed by atoms with Crippen LogP contribution in [-0.4, -0.2) is 16.1 Å². The first-order valence-electron chi connectivity index (χ1n) is 4.11. The summed E-state index contributed by atoms with van der Waals surface area (Å²) in [5.74, 6) is -1.50. The molecule has 2 rings (SSSR count). The first-order valence-corrected chi connectivity index (χ1v) is 5.19. The number of carbonyl (C=O) groups is 1. The van der Waals surface area contributed by atoms with Crippen molar-refractivity contribution in [2.24, 2.45) is 0 Å². The maximum Gasteiger partial charge on any atom is 0.315 e. The first-order chi connectivity index (χ1) is 6.56. The molecule has 1 fully saturated rings. The van der Waals surface area contributed by atoms with Crippen molar-refractivity contribution in [3.63, 3.8) is 0 Å². The topological polar surface area (TPSA) is 50.2 Å². The van der Waals surface area contributed by atoms with Gasteiger partial charge >= 0.3 is 5.97 Å². The molecule has 0 aliphatic heterocycles. The molecule has 0 aromatic carbocycles. The number of hydrogen-bond donors (Lipinski definition) is 1.